The molecule has 4 heteroatoms. The van der Waals surface area contributed by atoms with Crippen molar-refractivity contribution in [2.24, 2.45) is 0 Å². The molecule has 0 aliphatic carbocycles. The molecule has 13 heavy (non-hydrogen) atoms. The van der Waals surface area contributed by atoms with E-state index in [4.69, 9.17) is 9.84 Å². The molecule has 72 valence electrons. The van der Waals surface area contributed by atoms with E-state index >= 15 is 0 Å². The zero-order valence-electron chi connectivity index (χ0n) is 7.56. The van der Waals surface area contributed by atoms with E-state index in [1.54, 1.807) is 13.8 Å². The zero-order valence-corrected chi connectivity index (χ0v) is 7.56. The van der Waals surface area contributed by atoms with E-state index < -0.39 is 11.9 Å². The predicted molar refractivity (Wildman–Crippen MR) is 47.1 cm³/mol. The first-order valence-electron chi connectivity index (χ1n) is 3.80. The molecule has 0 radical (unpaired) electrons. The van der Waals surface area contributed by atoms with Gasteiger partial charge in [0.25, 0.3) is 0 Å². The molecule has 0 aromatic rings. The number of allylic oxidation sites excluding steroid dienone is 2. The van der Waals surface area contributed by atoms with Crippen LogP contribution in [0.1, 0.15) is 13.8 Å². The Bertz CT molecular complexity index is 238. The number of ether oxygens (including phenoxy) is 1. The van der Waals surface area contributed by atoms with Gasteiger partial charge in [-0.25, -0.2) is 9.59 Å². The van der Waals surface area contributed by atoms with Gasteiger partial charge in [-0.2, -0.15) is 0 Å². The lowest BCUT2D eigenvalue weighted by Crippen LogP contribution is -2.08. The van der Waals surface area contributed by atoms with Crippen molar-refractivity contribution >= 4 is 11.9 Å². The van der Waals surface area contributed by atoms with E-state index in [1.807, 2.05) is 0 Å². The highest BCUT2D eigenvalue weighted by Crippen LogP contribution is 1.90. The van der Waals surface area contributed by atoms with E-state index in [2.05, 4.69) is 0 Å². The summed E-state index contributed by atoms with van der Waals surface area (Å²) in [5.74, 6) is -1.54. The molecule has 0 aliphatic rings. The molecule has 0 aliphatic heterocycles. The van der Waals surface area contributed by atoms with E-state index in [0.717, 1.165) is 6.08 Å². The van der Waals surface area contributed by atoms with Crippen molar-refractivity contribution in [3.8, 4) is 0 Å². The summed E-state index contributed by atoms with van der Waals surface area (Å²) in [6.07, 6.45) is 4.50. The molecule has 0 saturated carbocycles. The topological polar surface area (TPSA) is 63.6 Å². The van der Waals surface area contributed by atoms with Crippen LogP contribution in [0, 0.1) is 0 Å². The van der Waals surface area contributed by atoms with Crippen LogP contribution in [-0.2, 0) is 14.3 Å². The van der Waals surface area contributed by atoms with Crippen LogP contribution in [0.3, 0.4) is 0 Å². The lowest BCUT2D eigenvalue weighted by Gasteiger charge is -2.03. The number of carboxylic acids is 1. The minimum absolute atomic E-state index is 0.166. The molecule has 0 aromatic heterocycles. The summed E-state index contributed by atoms with van der Waals surface area (Å²) in [4.78, 5) is 20.8. The Labute approximate surface area is 76.5 Å². The summed E-state index contributed by atoms with van der Waals surface area (Å²) < 4.78 is 4.75. The van der Waals surface area contributed by atoms with Crippen LogP contribution in [-0.4, -0.2) is 23.1 Å². The predicted octanol–water partition coefficient (Wildman–Crippen LogP) is 1.14. The van der Waals surface area contributed by atoms with Crippen LogP contribution in [0.15, 0.2) is 24.3 Å². The van der Waals surface area contributed by atoms with Crippen LogP contribution in [0.4, 0.5) is 0 Å². The molecular formula is C9H12O4. The molecule has 0 saturated heterocycles. The maximum absolute atomic E-state index is 10.8. The van der Waals surface area contributed by atoms with Gasteiger partial charge in [0.05, 0.1) is 6.10 Å². The van der Waals surface area contributed by atoms with Gasteiger partial charge < -0.3 is 9.84 Å². The maximum atomic E-state index is 10.8. The maximum Gasteiger partial charge on any atom is 0.330 e. The van der Waals surface area contributed by atoms with Crippen molar-refractivity contribution in [2.45, 2.75) is 20.0 Å². The normalized spacial score (nSPS) is 11.3. The Morgan fingerprint density at radius 1 is 1.23 bits per heavy atom. The van der Waals surface area contributed by atoms with Gasteiger partial charge in [-0.1, -0.05) is 12.2 Å². The minimum Gasteiger partial charge on any atom is -0.478 e. The van der Waals surface area contributed by atoms with Gasteiger partial charge >= 0.3 is 11.9 Å². The molecule has 0 fully saturated rings. The van der Waals surface area contributed by atoms with E-state index in [-0.39, 0.29) is 6.10 Å². The van der Waals surface area contributed by atoms with Gasteiger partial charge in [0.1, 0.15) is 0 Å². The summed E-state index contributed by atoms with van der Waals surface area (Å²) >= 11 is 0. The third-order valence-electron chi connectivity index (χ3n) is 0.934. The summed E-state index contributed by atoms with van der Waals surface area (Å²) in [6.45, 7) is 3.47. The van der Waals surface area contributed by atoms with Crippen molar-refractivity contribution in [1.82, 2.24) is 0 Å². The molecule has 1 N–H and O–H groups in total. The number of carbonyl (C=O) groups excluding carboxylic acids is 1. The molecule has 0 amide bonds. The number of aliphatic carboxylic acids is 1. The summed E-state index contributed by atoms with van der Waals surface area (Å²) in [7, 11) is 0. The van der Waals surface area contributed by atoms with Gasteiger partial charge in [0, 0.05) is 12.2 Å². The second-order valence-electron chi connectivity index (χ2n) is 2.54. The highest BCUT2D eigenvalue weighted by atomic mass is 16.5. The summed E-state index contributed by atoms with van der Waals surface area (Å²) in [6, 6.07) is 0. The van der Waals surface area contributed by atoms with Crippen molar-refractivity contribution in [3.05, 3.63) is 24.3 Å². The average molecular weight is 184 g/mol. The quantitative estimate of drug-likeness (QED) is 0.404. The Morgan fingerprint density at radius 2 is 1.77 bits per heavy atom. The molecule has 0 heterocycles. The smallest absolute Gasteiger partial charge is 0.330 e. The average Bonchev–Trinajstić information content (AvgIpc) is 1.96. The first-order valence-corrected chi connectivity index (χ1v) is 3.80. The molecule has 0 bridgehead atoms. The third-order valence-corrected chi connectivity index (χ3v) is 0.934. The first-order chi connectivity index (χ1) is 6.02. The van der Waals surface area contributed by atoms with Crippen LogP contribution in [0.2, 0.25) is 0 Å². The Morgan fingerprint density at radius 3 is 2.23 bits per heavy atom. The number of hydrogen-bond donors (Lipinski definition) is 1. The lowest BCUT2D eigenvalue weighted by molar-refractivity contribution is -0.141. The second-order valence-corrected chi connectivity index (χ2v) is 2.54. The monoisotopic (exact) mass is 184 g/mol. The Balaban J connectivity index is 3.85. The zero-order chi connectivity index (χ0) is 10.3. The number of esters is 1. The SMILES string of the molecule is CC(C)OC(=O)/C=C\C=C/C(=O)O. The van der Waals surface area contributed by atoms with Gasteiger partial charge in [-0.15, -0.1) is 0 Å². The van der Waals surface area contributed by atoms with Crippen molar-refractivity contribution in [1.29, 1.82) is 0 Å². The molecule has 0 atom stereocenters. The Hall–Kier alpha value is -1.58. The lowest BCUT2D eigenvalue weighted by atomic mass is 10.4. The van der Waals surface area contributed by atoms with E-state index in [9.17, 15) is 9.59 Å². The number of carboxylic acid groups (broad SMARTS) is 1. The standard InChI is InChI=1S/C9H12O4/c1-7(2)13-9(12)6-4-3-5-8(10)11/h3-7H,1-2H3,(H,10,11)/b5-3-,6-4-. The summed E-state index contributed by atoms with van der Waals surface area (Å²) in [5, 5.41) is 8.19. The van der Waals surface area contributed by atoms with Crippen LogP contribution < -0.4 is 0 Å². The molecule has 0 rings (SSSR count). The van der Waals surface area contributed by atoms with Gasteiger partial charge in [0.15, 0.2) is 0 Å². The fraction of sp³-hybridized carbons (Fsp3) is 0.333. The van der Waals surface area contributed by atoms with Crippen LogP contribution in [0.25, 0.3) is 0 Å². The van der Waals surface area contributed by atoms with Crippen molar-refractivity contribution in [3.63, 3.8) is 0 Å². The van der Waals surface area contributed by atoms with E-state index in [0.29, 0.717) is 0 Å². The van der Waals surface area contributed by atoms with Gasteiger partial charge in [-0.05, 0) is 13.8 Å². The molecule has 0 aromatic carbocycles. The number of carbonyl (C=O) groups is 2. The van der Waals surface area contributed by atoms with Gasteiger partial charge in [-0.3, -0.25) is 0 Å². The number of rotatable bonds is 4. The van der Waals surface area contributed by atoms with Crippen molar-refractivity contribution in [2.75, 3.05) is 0 Å². The van der Waals surface area contributed by atoms with Crippen LogP contribution >= 0.6 is 0 Å². The number of hydrogen-bond acceptors (Lipinski definition) is 3. The first kappa shape index (κ1) is 11.4. The third kappa shape index (κ3) is 8.33. The van der Waals surface area contributed by atoms with Crippen molar-refractivity contribution < 1.29 is 19.4 Å². The molecule has 4 nitrogen and oxygen atoms in total. The fourth-order valence-electron chi connectivity index (χ4n) is 0.544. The Kier molecular flexibility index (Phi) is 5.27. The van der Waals surface area contributed by atoms with Crippen LogP contribution in [0.5, 0.6) is 0 Å². The summed E-state index contributed by atoms with van der Waals surface area (Å²) in [5.41, 5.74) is 0. The largest absolute Gasteiger partial charge is 0.478 e. The fourth-order valence-corrected chi connectivity index (χ4v) is 0.544. The highest BCUT2D eigenvalue weighted by molar-refractivity contribution is 5.83. The minimum atomic E-state index is -1.05. The molecule has 0 unspecified atom stereocenters. The van der Waals surface area contributed by atoms with Gasteiger partial charge in [0.2, 0.25) is 0 Å². The second kappa shape index (κ2) is 5.99. The molecule has 0 spiro atoms. The molecular weight excluding hydrogens is 172 g/mol. The highest BCUT2D eigenvalue weighted by Gasteiger charge is 1.98. The van der Waals surface area contributed by atoms with E-state index in [1.165, 1.54) is 18.2 Å².